The molecule has 0 spiro atoms. The number of rotatable bonds is 8. The minimum atomic E-state index is -0.745. The normalized spacial score (nSPS) is 10.1. The molecule has 138 valence electrons. The SMILES string of the molecule is CCOc1ccc(CCNC(=O)C(=O)Nc2ccccn2)cc1OCC. The van der Waals surface area contributed by atoms with E-state index in [1.54, 1.807) is 18.2 Å². The minimum absolute atomic E-state index is 0.327. The van der Waals surface area contributed by atoms with E-state index in [2.05, 4.69) is 15.6 Å². The van der Waals surface area contributed by atoms with Crippen molar-refractivity contribution in [1.82, 2.24) is 10.3 Å². The van der Waals surface area contributed by atoms with E-state index in [1.165, 1.54) is 6.20 Å². The Labute approximate surface area is 152 Å². The molecule has 0 aliphatic carbocycles. The summed E-state index contributed by atoms with van der Waals surface area (Å²) in [6, 6.07) is 10.7. The Morgan fingerprint density at radius 1 is 1.00 bits per heavy atom. The molecule has 0 bridgehead atoms. The number of ether oxygens (including phenoxy) is 2. The Morgan fingerprint density at radius 3 is 2.46 bits per heavy atom. The molecular formula is C19H23N3O4. The first-order valence-corrected chi connectivity index (χ1v) is 8.52. The van der Waals surface area contributed by atoms with Gasteiger partial charge in [-0.2, -0.15) is 0 Å². The van der Waals surface area contributed by atoms with Crippen LogP contribution in [0.2, 0.25) is 0 Å². The van der Waals surface area contributed by atoms with Gasteiger partial charge in [0.25, 0.3) is 0 Å². The molecule has 0 atom stereocenters. The highest BCUT2D eigenvalue weighted by atomic mass is 16.5. The number of hydrogen-bond acceptors (Lipinski definition) is 5. The van der Waals surface area contributed by atoms with Crippen LogP contribution in [-0.2, 0) is 16.0 Å². The van der Waals surface area contributed by atoms with Crippen molar-refractivity contribution in [2.24, 2.45) is 0 Å². The number of carbonyl (C=O) groups excluding carboxylic acids is 2. The lowest BCUT2D eigenvalue weighted by atomic mass is 10.1. The van der Waals surface area contributed by atoms with Gasteiger partial charge in [0.05, 0.1) is 13.2 Å². The van der Waals surface area contributed by atoms with Crippen molar-refractivity contribution >= 4 is 17.6 Å². The van der Waals surface area contributed by atoms with E-state index in [0.29, 0.717) is 43.5 Å². The first-order valence-electron chi connectivity index (χ1n) is 8.52. The Hall–Kier alpha value is -3.09. The topological polar surface area (TPSA) is 89.5 Å². The zero-order valence-corrected chi connectivity index (χ0v) is 15.0. The number of amides is 2. The average molecular weight is 357 g/mol. The molecule has 1 aromatic carbocycles. The zero-order valence-electron chi connectivity index (χ0n) is 15.0. The summed E-state index contributed by atoms with van der Waals surface area (Å²) < 4.78 is 11.1. The van der Waals surface area contributed by atoms with Gasteiger partial charge in [-0.15, -0.1) is 0 Å². The highest BCUT2D eigenvalue weighted by molar-refractivity contribution is 6.39. The summed E-state index contributed by atoms with van der Waals surface area (Å²) in [4.78, 5) is 27.6. The number of nitrogens with zero attached hydrogens (tertiary/aromatic N) is 1. The standard InChI is InChI=1S/C19H23N3O4/c1-3-25-15-9-8-14(13-16(15)26-4-2)10-12-21-18(23)19(24)22-17-7-5-6-11-20-17/h5-9,11,13H,3-4,10,12H2,1-2H3,(H,21,23)(H,20,22,24). The fraction of sp³-hybridized carbons (Fsp3) is 0.316. The highest BCUT2D eigenvalue weighted by Gasteiger charge is 2.13. The van der Waals surface area contributed by atoms with Crippen molar-refractivity contribution in [2.45, 2.75) is 20.3 Å². The van der Waals surface area contributed by atoms with E-state index in [-0.39, 0.29) is 0 Å². The lowest BCUT2D eigenvalue weighted by Crippen LogP contribution is -2.36. The number of benzene rings is 1. The second kappa shape index (κ2) is 10.0. The second-order valence-corrected chi connectivity index (χ2v) is 5.32. The van der Waals surface area contributed by atoms with Gasteiger partial charge in [-0.05, 0) is 50.1 Å². The van der Waals surface area contributed by atoms with Gasteiger partial charge in [0.2, 0.25) is 0 Å². The van der Waals surface area contributed by atoms with Gasteiger partial charge in [-0.1, -0.05) is 12.1 Å². The van der Waals surface area contributed by atoms with Crippen LogP contribution in [0.25, 0.3) is 0 Å². The van der Waals surface area contributed by atoms with Crippen molar-refractivity contribution in [2.75, 3.05) is 25.1 Å². The van der Waals surface area contributed by atoms with Crippen LogP contribution in [-0.4, -0.2) is 36.6 Å². The lowest BCUT2D eigenvalue weighted by molar-refractivity contribution is -0.136. The van der Waals surface area contributed by atoms with E-state index in [0.717, 1.165) is 5.56 Å². The van der Waals surface area contributed by atoms with E-state index in [9.17, 15) is 9.59 Å². The third-order valence-corrected chi connectivity index (χ3v) is 3.42. The molecule has 26 heavy (non-hydrogen) atoms. The number of hydrogen-bond donors (Lipinski definition) is 2. The smallest absolute Gasteiger partial charge is 0.314 e. The molecule has 0 saturated heterocycles. The summed E-state index contributed by atoms with van der Waals surface area (Å²) in [6.45, 7) is 5.24. The molecular weight excluding hydrogens is 334 g/mol. The third kappa shape index (κ3) is 5.77. The van der Waals surface area contributed by atoms with Crippen molar-refractivity contribution in [3.05, 3.63) is 48.2 Å². The van der Waals surface area contributed by atoms with Gasteiger partial charge < -0.3 is 20.1 Å². The molecule has 7 heteroatoms. The fourth-order valence-corrected chi connectivity index (χ4v) is 2.26. The van der Waals surface area contributed by atoms with Crippen LogP contribution in [0.1, 0.15) is 19.4 Å². The maximum absolute atomic E-state index is 11.9. The van der Waals surface area contributed by atoms with Gasteiger partial charge in [-0.3, -0.25) is 9.59 Å². The summed E-state index contributed by atoms with van der Waals surface area (Å²) in [5.74, 6) is 0.250. The maximum atomic E-state index is 11.9. The number of carbonyl (C=O) groups is 2. The number of anilines is 1. The van der Waals surface area contributed by atoms with Gasteiger partial charge in [-0.25, -0.2) is 4.98 Å². The van der Waals surface area contributed by atoms with Gasteiger partial charge >= 0.3 is 11.8 Å². The Morgan fingerprint density at radius 2 is 1.77 bits per heavy atom. The first kappa shape index (κ1) is 19.2. The molecule has 0 saturated carbocycles. The Balaban J connectivity index is 1.85. The molecule has 2 amide bonds. The molecule has 0 unspecified atom stereocenters. The molecule has 1 aromatic heterocycles. The third-order valence-electron chi connectivity index (χ3n) is 3.42. The first-order chi connectivity index (χ1) is 12.6. The van der Waals surface area contributed by atoms with Crippen LogP contribution in [0.5, 0.6) is 11.5 Å². The van der Waals surface area contributed by atoms with Crippen molar-refractivity contribution in [1.29, 1.82) is 0 Å². The highest BCUT2D eigenvalue weighted by Crippen LogP contribution is 2.28. The molecule has 2 rings (SSSR count). The predicted octanol–water partition coefficient (Wildman–Crippen LogP) is 2.18. The van der Waals surface area contributed by atoms with Gasteiger partial charge in [0.15, 0.2) is 11.5 Å². The van der Waals surface area contributed by atoms with Crippen molar-refractivity contribution in [3.63, 3.8) is 0 Å². The van der Waals surface area contributed by atoms with E-state index in [1.807, 2.05) is 32.0 Å². The minimum Gasteiger partial charge on any atom is -0.490 e. The van der Waals surface area contributed by atoms with Crippen LogP contribution in [0.3, 0.4) is 0 Å². The van der Waals surface area contributed by atoms with Gasteiger partial charge in [0.1, 0.15) is 5.82 Å². The molecule has 0 fully saturated rings. The molecule has 1 heterocycles. The Bertz CT molecular complexity index is 735. The van der Waals surface area contributed by atoms with Crippen LogP contribution in [0.4, 0.5) is 5.82 Å². The Kier molecular flexibility index (Phi) is 7.42. The molecule has 2 N–H and O–H groups in total. The summed E-state index contributed by atoms with van der Waals surface area (Å²) in [6.07, 6.45) is 2.10. The monoisotopic (exact) mass is 357 g/mol. The van der Waals surface area contributed by atoms with Crippen LogP contribution in [0.15, 0.2) is 42.6 Å². The molecule has 7 nitrogen and oxygen atoms in total. The molecule has 2 aromatic rings. The second-order valence-electron chi connectivity index (χ2n) is 5.32. The molecule has 0 aliphatic heterocycles. The molecule has 0 radical (unpaired) electrons. The van der Waals surface area contributed by atoms with Crippen LogP contribution >= 0.6 is 0 Å². The number of nitrogens with one attached hydrogen (secondary N) is 2. The lowest BCUT2D eigenvalue weighted by Gasteiger charge is -2.12. The van der Waals surface area contributed by atoms with Gasteiger partial charge in [0, 0.05) is 12.7 Å². The van der Waals surface area contributed by atoms with Crippen LogP contribution in [0, 0.1) is 0 Å². The van der Waals surface area contributed by atoms with E-state index < -0.39 is 11.8 Å². The van der Waals surface area contributed by atoms with Crippen molar-refractivity contribution < 1.29 is 19.1 Å². The summed E-state index contributed by atoms with van der Waals surface area (Å²) in [5, 5.41) is 5.03. The van der Waals surface area contributed by atoms with Crippen molar-refractivity contribution in [3.8, 4) is 11.5 Å². The van der Waals surface area contributed by atoms with E-state index >= 15 is 0 Å². The number of aromatic nitrogens is 1. The maximum Gasteiger partial charge on any atom is 0.314 e. The summed E-state index contributed by atoms with van der Waals surface area (Å²) in [7, 11) is 0. The predicted molar refractivity (Wildman–Crippen MR) is 98.4 cm³/mol. The quantitative estimate of drug-likeness (QED) is 0.707. The largest absolute Gasteiger partial charge is 0.490 e. The summed E-state index contributed by atoms with van der Waals surface area (Å²) >= 11 is 0. The van der Waals surface area contributed by atoms with E-state index in [4.69, 9.17) is 9.47 Å². The molecule has 0 aliphatic rings. The number of pyridine rings is 1. The summed E-state index contributed by atoms with van der Waals surface area (Å²) in [5.41, 5.74) is 0.974. The van der Waals surface area contributed by atoms with Crippen LogP contribution < -0.4 is 20.1 Å². The zero-order chi connectivity index (χ0) is 18.8. The fourth-order valence-electron chi connectivity index (χ4n) is 2.26. The average Bonchev–Trinajstić information content (AvgIpc) is 2.65.